The molecule has 1 aliphatic heterocycles. The van der Waals surface area contributed by atoms with Gasteiger partial charge in [-0.3, -0.25) is 9.59 Å². The molecule has 5 heteroatoms. The predicted octanol–water partition coefficient (Wildman–Crippen LogP) is 0.879. The van der Waals surface area contributed by atoms with Crippen LogP contribution in [0.5, 0.6) is 0 Å². The Balaban J connectivity index is 1.70. The van der Waals surface area contributed by atoms with Gasteiger partial charge in [-0.2, -0.15) is 0 Å². The normalized spacial score (nSPS) is 30.3. The first-order valence-corrected chi connectivity index (χ1v) is 7.89. The summed E-state index contributed by atoms with van der Waals surface area (Å²) in [5, 5.41) is 2.89. The van der Waals surface area contributed by atoms with Gasteiger partial charge >= 0.3 is 0 Å². The fourth-order valence-electron chi connectivity index (χ4n) is 3.25. The molecule has 1 saturated heterocycles. The van der Waals surface area contributed by atoms with Gasteiger partial charge in [-0.25, -0.2) is 0 Å². The van der Waals surface area contributed by atoms with Gasteiger partial charge in [0.1, 0.15) is 0 Å². The minimum absolute atomic E-state index is 0.0262. The Morgan fingerprint density at radius 2 is 1.95 bits per heavy atom. The van der Waals surface area contributed by atoms with E-state index in [-0.39, 0.29) is 23.8 Å². The summed E-state index contributed by atoms with van der Waals surface area (Å²) in [6.45, 7) is 4.35. The highest BCUT2D eigenvalue weighted by atomic mass is 16.2. The fraction of sp³-hybridized carbons (Fsp3) is 0.867. The number of likely N-dealkylation sites (tertiary alicyclic amines) is 1. The summed E-state index contributed by atoms with van der Waals surface area (Å²) in [4.78, 5) is 25.9. The van der Waals surface area contributed by atoms with Gasteiger partial charge in [0.15, 0.2) is 0 Å². The van der Waals surface area contributed by atoms with Crippen LogP contribution in [0.3, 0.4) is 0 Å². The lowest BCUT2D eigenvalue weighted by Gasteiger charge is -2.31. The molecule has 2 aliphatic rings. The molecular formula is C15H27N3O2. The molecule has 0 aromatic heterocycles. The van der Waals surface area contributed by atoms with E-state index in [1.54, 1.807) is 0 Å². The molecule has 20 heavy (non-hydrogen) atoms. The second-order valence-corrected chi connectivity index (χ2v) is 6.32. The fourth-order valence-corrected chi connectivity index (χ4v) is 3.25. The van der Waals surface area contributed by atoms with E-state index in [4.69, 9.17) is 5.73 Å². The summed E-state index contributed by atoms with van der Waals surface area (Å²) in [5.41, 5.74) is 6.04. The molecule has 3 unspecified atom stereocenters. The number of carbonyl (C=O) groups excluding carboxylic acids is 2. The summed E-state index contributed by atoms with van der Waals surface area (Å²) in [6, 6.07) is -0.0273. The molecular weight excluding hydrogens is 254 g/mol. The van der Waals surface area contributed by atoms with Crippen LogP contribution in [0, 0.1) is 11.8 Å². The van der Waals surface area contributed by atoms with Crippen LogP contribution in [0.1, 0.15) is 45.4 Å². The SMILES string of the molecule is CC1CCC(N)C(C(=O)NCCC(=O)N2CCCC2)C1. The van der Waals surface area contributed by atoms with Crippen molar-refractivity contribution < 1.29 is 9.59 Å². The highest BCUT2D eigenvalue weighted by Crippen LogP contribution is 2.27. The highest BCUT2D eigenvalue weighted by Gasteiger charge is 2.31. The van der Waals surface area contributed by atoms with Crippen molar-refractivity contribution in [2.45, 2.75) is 51.5 Å². The van der Waals surface area contributed by atoms with Crippen molar-refractivity contribution in [2.24, 2.45) is 17.6 Å². The van der Waals surface area contributed by atoms with Crippen LogP contribution in [-0.4, -0.2) is 42.4 Å². The second-order valence-electron chi connectivity index (χ2n) is 6.32. The minimum atomic E-state index is -0.0827. The molecule has 2 rings (SSSR count). The average molecular weight is 281 g/mol. The molecule has 3 N–H and O–H groups in total. The molecule has 1 saturated carbocycles. The Morgan fingerprint density at radius 3 is 2.65 bits per heavy atom. The standard InChI is InChI=1S/C15H27N3O2/c1-11-4-5-13(16)12(10-11)15(20)17-7-6-14(19)18-8-2-3-9-18/h11-13H,2-10,16H2,1H3,(H,17,20). The lowest BCUT2D eigenvalue weighted by molar-refractivity contribution is -0.130. The first kappa shape index (κ1) is 15.3. The maximum atomic E-state index is 12.1. The minimum Gasteiger partial charge on any atom is -0.355 e. The van der Waals surface area contributed by atoms with Gasteiger partial charge in [0.25, 0.3) is 0 Å². The Hall–Kier alpha value is -1.10. The number of amides is 2. The number of hydrogen-bond acceptors (Lipinski definition) is 3. The summed E-state index contributed by atoms with van der Waals surface area (Å²) in [7, 11) is 0. The molecule has 0 aromatic rings. The summed E-state index contributed by atoms with van der Waals surface area (Å²) in [5.74, 6) is 0.666. The zero-order valence-corrected chi connectivity index (χ0v) is 12.4. The van der Waals surface area contributed by atoms with E-state index in [9.17, 15) is 9.59 Å². The van der Waals surface area contributed by atoms with Gasteiger partial charge < -0.3 is 16.0 Å². The Bertz CT molecular complexity index is 353. The molecule has 2 amide bonds. The largest absolute Gasteiger partial charge is 0.355 e. The Kier molecular flexibility index (Phi) is 5.40. The molecule has 1 heterocycles. The summed E-state index contributed by atoms with van der Waals surface area (Å²) < 4.78 is 0. The average Bonchev–Trinajstić information content (AvgIpc) is 2.95. The number of nitrogens with one attached hydrogen (secondary N) is 1. The first-order valence-electron chi connectivity index (χ1n) is 7.89. The van der Waals surface area contributed by atoms with E-state index in [1.807, 2.05) is 4.90 Å². The molecule has 114 valence electrons. The van der Waals surface area contributed by atoms with Crippen LogP contribution in [0.25, 0.3) is 0 Å². The van der Waals surface area contributed by atoms with Crippen molar-refractivity contribution in [1.82, 2.24) is 10.2 Å². The summed E-state index contributed by atoms with van der Waals surface area (Å²) in [6.07, 6.45) is 5.51. The van der Waals surface area contributed by atoms with Crippen molar-refractivity contribution in [3.8, 4) is 0 Å². The van der Waals surface area contributed by atoms with Crippen LogP contribution < -0.4 is 11.1 Å². The Morgan fingerprint density at radius 1 is 1.25 bits per heavy atom. The van der Waals surface area contributed by atoms with Gasteiger partial charge in [0.05, 0.1) is 5.92 Å². The van der Waals surface area contributed by atoms with Gasteiger partial charge in [-0.1, -0.05) is 6.92 Å². The topological polar surface area (TPSA) is 75.4 Å². The smallest absolute Gasteiger partial charge is 0.224 e. The lowest BCUT2D eigenvalue weighted by atomic mass is 9.79. The Labute approximate surface area is 121 Å². The monoisotopic (exact) mass is 281 g/mol. The van der Waals surface area contributed by atoms with Crippen molar-refractivity contribution >= 4 is 11.8 Å². The number of hydrogen-bond donors (Lipinski definition) is 2. The number of carbonyl (C=O) groups is 2. The molecule has 2 fully saturated rings. The van der Waals surface area contributed by atoms with Crippen molar-refractivity contribution in [3.05, 3.63) is 0 Å². The van der Waals surface area contributed by atoms with E-state index in [1.165, 1.54) is 0 Å². The maximum absolute atomic E-state index is 12.1. The zero-order valence-electron chi connectivity index (χ0n) is 12.4. The van der Waals surface area contributed by atoms with Crippen LogP contribution in [0.15, 0.2) is 0 Å². The molecule has 0 radical (unpaired) electrons. The van der Waals surface area contributed by atoms with Crippen LogP contribution in [0.4, 0.5) is 0 Å². The molecule has 1 aliphatic carbocycles. The van der Waals surface area contributed by atoms with E-state index < -0.39 is 0 Å². The van der Waals surface area contributed by atoms with E-state index in [2.05, 4.69) is 12.2 Å². The third-order valence-corrected chi connectivity index (χ3v) is 4.60. The van der Waals surface area contributed by atoms with Crippen molar-refractivity contribution in [2.75, 3.05) is 19.6 Å². The number of nitrogens with zero attached hydrogens (tertiary/aromatic N) is 1. The lowest BCUT2D eigenvalue weighted by Crippen LogP contribution is -2.45. The third-order valence-electron chi connectivity index (χ3n) is 4.60. The van der Waals surface area contributed by atoms with Gasteiger partial charge in [0, 0.05) is 32.1 Å². The zero-order chi connectivity index (χ0) is 14.5. The van der Waals surface area contributed by atoms with Crippen molar-refractivity contribution in [3.63, 3.8) is 0 Å². The third kappa shape index (κ3) is 3.95. The van der Waals surface area contributed by atoms with E-state index in [0.717, 1.165) is 45.2 Å². The van der Waals surface area contributed by atoms with E-state index >= 15 is 0 Å². The number of rotatable bonds is 4. The quantitative estimate of drug-likeness (QED) is 0.803. The van der Waals surface area contributed by atoms with Gasteiger partial charge in [0.2, 0.25) is 11.8 Å². The van der Waals surface area contributed by atoms with Crippen molar-refractivity contribution in [1.29, 1.82) is 0 Å². The summed E-state index contributed by atoms with van der Waals surface area (Å²) >= 11 is 0. The predicted molar refractivity (Wildman–Crippen MR) is 77.9 cm³/mol. The first-order chi connectivity index (χ1) is 9.58. The van der Waals surface area contributed by atoms with Gasteiger partial charge in [-0.05, 0) is 38.0 Å². The molecule has 5 nitrogen and oxygen atoms in total. The molecule has 0 spiro atoms. The van der Waals surface area contributed by atoms with Crippen LogP contribution in [0.2, 0.25) is 0 Å². The highest BCUT2D eigenvalue weighted by molar-refractivity contribution is 5.81. The van der Waals surface area contributed by atoms with Crippen LogP contribution in [-0.2, 0) is 9.59 Å². The van der Waals surface area contributed by atoms with E-state index in [0.29, 0.717) is 18.9 Å². The molecule has 0 bridgehead atoms. The molecule has 0 aromatic carbocycles. The number of nitrogens with two attached hydrogens (primary N) is 1. The second kappa shape index (κ2) is 7.07. The van der Waals surface area contributed by atoms with Gasteiger partial charge in [-0.15, -0.1) is 0 Å². The van der Waals surface area contributed by atoms with Crippen LogP contribution >= 0.6 is 0 Å². The molecule has 3 atom stereocenters. The maximum Gasteiger partial charge on any atom is 0.224 e.